The van der Waals surface area contributed by atoms with Gasteiger partial charge >= 0.3 is 0 Å². The van der Waals surface area contributed by atoms with E-state index < -0.39 is 29.9 Å². The van der Waals surface area contributed by atoms with E-state index in [2.05, 4.69) is 0 Å². The second-order valence-corrected chi connectivity index (χ2v) is 10.0. The van der Waals surface area contributed by atoms with Gasteiger partial charge in [-0.25, -0.2) is 0 Å². The van der Waals surface area contributed by atoms with Crippen LogP contribution in [0.25, 0.3) is 0 Å². The molecular formula is C25H34O6. The van der Waals surface area contributed by atoms with Crippen molar-refractivity contribution in [3.63, 3.8) is 0 Å². The number of aliphatic hydroxyl groups is 1. The zero-order valence-electron chi connectivity index (χ0n) is 18.1. The Bertz CT molecular complexity index is 757. The number of aliphatic hydroxyl groups excluding tert-OH is 1. The van der Waals surface area contributed by atoms with Gasteiger partial charge < -0.3 is 28.8 Å². The van der Waals surface area contributed by atoms with Crippen LogP contribution in [0.1, 0.15) is 69.8 Å². The van der Waals surface area contributed by atoms with Crippen LogP contribution in [0.15, 0.2) is 30.3 Å². The van der Waals surface area contributed by atoms with E-state index >= 15 is 0 Å². The van der Waals surface area contributed by atoms with Crippen LogP contribution < -0.4 is 0 Å². The fraction of sp³-hybridized carbons (Fsp3) is 0.760. The molecule has 0 radical (unpaired) electrons. The molecule has 31 heavy (non-hydrogen) atoms. The molecule has 6 atom stereocenters. The third kappa shape index (κ3) is 3.65. The van der Waals surface area contributed by atoms with Crippen LogP contribution in [-0.2, 0) is 30.3 Å². The largest absolute Gasteiger partial charge is 0.387 e. The second kappa shape index (κ2) is 8.08. The first-order chi connectivity index (χ1) is 15.2. The lowest BCUT2D eigenvalue weighted by molar-refractivity contribution is -0.227. The molecule has 2 saturated heterocycles. The van der Waals surface area contributed by atoms with Gasteiger partial charge in [0.15, 0.2) is 11.6 Å². The summed E-state index contributed by atoms with van der Waals surface area (Å²) in [6, 6.07) is 10.1. The number of ether oxygens (including phenoxy) is 5. The predicted molar refractivity (Wildman–Crippen MR) is 112 cm³/mol. The normalized spacial score (nSPS) is 40.7. The molecule has 2 aliphatic heterocycles. The molecule has 6 heteroatoms. The highest BCUT2D eigenvalue weighted by molar-refractivity contribution is 5.14. The molecule has 0 amide bonds. The van der Waals surface area contributed by atoms with Crippen LogP contribution in [0, 0.1) is 0 Å². The summed E-state index contributed by atoms with van der Waals surface area (Å²) in [4.78, 5) is 0. The van der Waals surface area contributed by atoms with Crippen molar-refractivity contribution in [3.05, 3.63) is 35.9 Å². The maximum Gasteiger partial charge on any atom is 0.169 e. The summed E-state index contributed by atoms with van der Waals surface area (Å²) in [5, 5.41) is 11.4. The lowest BCUT2D eigenvalue weighted by Crippen LogP contribution is -2.62. The number of benzene rings is 1. The Morgan fingerprint density at radius 2 is 1.23 bits per heavy atom. The van der Waals surface area contributed by atoms with Crippen molar-refractivity contribution in [3.8, 4) is 0 Å². The van der Waals surface area contributed by atoms with Gasteiger partial charge in [0, 0.05) is 25.7 Å². The minimum Gasteiger partial charge on any atom is -0.387 e. The topological polar surface area (TPSA) is 66.4 Å². The van der Waals surface area contributed by atoms with E-state index in [4.69, 9.17) is 23.7 Å². The number of hydrogen-bond acceptors (Lipinski definition) is 6. The number of fused-ring (bicyclic) bond motifs is 3. The molecule has 0 bridgehead atoms. The Labute approximate surface area is 184 Å². The van der Waals surface area contributed by atoms with Gasteiger partial charge in [0.05, 0.1) is 6.61 Å². The minimum absolute atomic E-state index is 0.270. The van der Waals surface area contributed by atoms with E-state index in [1.807, 2.05) is 30.3 Å². The second-order valence-electron chi connectivity index (χ2n) is 10.0. The standard InChI is InChI=1S/C25H34O6/c26-18-19(27-16-17-10-4-1-5-11-17)21-23(31-25(29-21)14-8-3-9-15-25)22-20(18)28-24(30-22)12-6-2-7-13-24/h1,4-5,10-11,18-23,26H,2-3,6-9,12-16H2/t18-,19-,20-,21+,22-,23-/m0/s1. The van der Waals surface area contributed by atoms with Gasteiger partial charge in [0.25, 0.3) is 0 Å². The molecule has 6 rings (SSSR count). The first-order valence-electron chi connectivity index (χ1n) is 12.2. The molecule has 2 spiro atoms. The zero-order chi connectivity index (χ0) is 20.9. The maximum absolute atomic E-state index is 11.4. The molecule has 0 unspecified atom stereocenters. The van der Waals surface area contributed by atoms with Gasteiger partial charge in [-0.1, -0.05) is 43.2 Å². The summed E-state index contributed by atoms with van der Waals surface area (Å²) in [5.41, 5.74) is 1.08. The number of rotatable bonds is 3. The van der Waals surface area contributed by atoms with E-state index in [1.165, 1.54) is 12.8 Å². The summed E-state index contributed by atoms with van der Waals surface area (Å²) < 4.78 is 32.6. The van der Waals surface area contributed by atoms with E-state index in [1.54, 1.807) is 0 Å². The average molecular weight is 431 g/mol. The Balaban J connectivity index is 1.28. The van der Waals surface area contributed by atoms with Crippen molar-refractivity contribution in [2.45, 2.75) is 119 Å². The molecule has 6 nitrogen and oxygen atoms in total. The van der Waals surface area contributed by atoms with Gasteiger partial charge in [-0.3, -0.25) is 0 Å². The Morgan fingerprint density at radius 1 is 0.710 bits per heavy atom. The Kier molecular flexibility index (Phi) is 5.37. The SMILES string of the molecule is O[C@@H]1[C@@H]2OC3(CCCCC3)O[C@@H]2[C@H]2OC3(CCCCC3)O[C@@H]2[C@H]1OCc1ccccc1. The van der Waals surface area contributed by atoms with E-state index in [0.717, 1.165) is 56.9 Å². The van der Waals surface area contributed by atoms with E-state index in [0.29, 0.717) is 6.61 Å². The molecule has 170 valence electrons. The Hall–Kier alpha value is -1.02. The van der Waals surface area contributed by atoms with Crippen molar-refractivity contribution in [2.75, 3.05) is 0 Å². The molecule has 0 aromatic heterocycles. The lowest BCUT2D eigenvalue weighted by Gasteiger charge is -2.40. The smallest absolute Gasteiger partial charge is 0.169 e. The maximum atomic E-state index is 11.4. The molecule has 5 fully saturated rings. The molecule has 5 aliphatic rings. The van der Waals surface area contributed by atoms with Crippen LogP contribution in [0.4, 0.5) is 0 Å². The summed E-state index contributed by atoms with van der Waals surface area (Å²) in [6.07, 6.45) is 7.70. The third-order valence-corrected chi connectivity index (χ3v) is 7.89. The fourth-order valence-corrected chi connectivity index (χ4v) is 6.34. The lowest BCUT2D eigenvalue weighted by atomic mass is 9.85. The fourth-order valence-electron chi connectivity index (χ4n) is 6.34. The zero-order valence-corrected chi connectivity index (χ0v) is 18.1. The minimum atomic E-state index is -0.807. The summed E-state index contributed by atoms with van der Waals surface area (Å²) in [5.74, 6) is -1.15. The van der Waals surface area contributed by atoms with E-state index in [-0.39, 0.29) is 18.3 Å². The highest BCUT2D eigenvalue weighted by atomic mass is 16.8. The molecule has 3 aliphatic carbocycles. The van der Waals surface area contributed by atoms with Crippen LogP contribution in [0.5, 0.6) is 0 Å². The predicted octanol–water partition coefficient (Wildman–Crippen LogP) is 3.84. The summed E-state index contributed by atoms with van der Waals surface area (Å²) >= 11 is 0. The van der Waals surface area contributed by atoms with Crippen LogP contribution in [0.2, 0.25) is 0 Å². The molecule has 3 saturated carbocycles. The number of hydrogen-bond donors (Lipinski definition) is 1. The molecule has 1 aromatic rings. The first-order valence-corrected chi connectivity index (χ1v) is 12.2. The summed E-state index contributed by atoms with van der Waals surface area (Å²) in [6.45, 7) is 0.422. The van der Waals surface area contributed by atoms with Crippen LogP contribution >= 0.6 is 0 Å². The first kappa shape index (κ1) is 20.6. The average Bonchev–Trinajstić information content (AvgIpc) is 3.34. The van der Waals surface area contributed by atoms with Crippen molar-refractivity contribution < 1.29 is 28.8 Å². The quantitative estimate of drug-likeness (QED) is 0.786. The van der Waals surface area contributed by atoms with Gasteiger partial charge in [0.2, 0.25) is 0 Å². The summed E-state index contributed by atoms with van der Waals surface area (Å²) in [7, 11) is 0. The van der Waals surface area contributed by atoms with Gasteiger partial charge in [0.1, 0.15) is 36.6 Å². The van der Waals surface area contributed by atoms with Crippen molar-refractivity contribution >= 4 is 0 Å². The van der Waals surface area contributed by atoms with Crippen LogP contribution in [0.3, 0.4) is 0 Å². The highest BCUT2D eigenvalue weighted by Gasteiger charge is 2.66. The molecule has 1 N–H and O–H groups in total. The molecule has 2 heterocycles. The van der Waals surface area contributed by atoms with Gasteiger partial charge in [-0.05, 0) is 31.2 Å². The molecular weight excluding hydrogens is 396 g/mol. The third-order valence-electron chi connectivity index (χ3n) is 7.89. The van der Waals surface area contributed by atoms with E-state index in [9.17, 15) is 5.11 Å². The molecule has 1 aromatic carbocycles. The highest BCUT2D eigenvalue weighted by Crippen LogP contribution is 2.51. The van der Waals surface area contributed by atoms with Crippen molar-refractivity contribution in [1.29, 1.82) is 0 Å². The van der Waals surface area contributed by atoms with Crippen LogP contribution in [-0.4, -0.2) is 53.3 Å². The van der Waals surface area contributed by atoms with Gasteiger partial charge in [-0.2, -0.15) is 0 Å². The Morgan fingerprint density at radius 3 is 1.84 bits per heavy atom. The van der Waals surface area contributed by atoms with Gasteiger partial charge in [-0.15, -0.1) is 0 Å². The van der Waals surface area contributed by atoms with Crippen molar-refractivity contribution in [2.24, 2.45) is 0 Å². The monoisotopic (exact) mass is 430 g/mol. The van der Waals surface area contributed by atoms with Crippen molar-refractivity contribution in [1.82, 2.24) is 0 Å².